The Bertz CT molecular complexity index is 704. The van der Waals surface area contributed by atoms with Gasteiger partial charge >= 0.3 is 0 Å². The maximum Gasteiger partial charge on any atom is 0.273 e. The molecule has 110 valence electrons. The lowest BCUT2D eigenvalue weighted by molar-refractivity contribution is 0.101. The van der Waals surface area contributed by atoms with Crippen molar-refractivity contribution in [3.63, 3.8) is 0 Å². The standard InChI is InChI=1S/C14H16N4O2S/c1-8(19)9-5-11(15-6-9)13(20)17-14-16-10-3-4-18(2)7-12(10)21-14/h5-6,15H,3-4,7H2,1-2H3,(H,16,17,20). The summed E-state index contributed by atoms with van der Waals surface area (Å²) >= 11 is 1.51. The molecule has 0 fully saturated rings. The summed E-state index contributed by atoms with van der Waals surface area (Å²) in [5.74, 6) is -0.347. The molecule has 0 spiro atoms. The minimum absolute atomic E-state index is 0.0713. The number of rotatable bonds is 3. The fourth-order valence-corrected chi connectivity index (χ4v) is 3.35. The molecule has 3 rings (SSSR count). The van der Waals surface area contributed by atoms with E-state index in [0.717, 1.165) is 25.2 Å². The van der Waals surface area contributed by atoms with Crippen LogP contribution in [0.1, 0.15) is 38.3 Å². The quantitative estimate of drug-likeness (QED) is 0.849. The van der Waals surface area contributed by atoms with Crippen LogP contribution in [0.25, 0.3) is 0 Å². The molecule has 0 atom stereocenters. The molecular weight excluding hydrogens is 288 g/mol. The highest BCUT2D eigenvalue weighted by Gasteiger charge is 2.20. The van der Waals surface area contributed by atoms with Gasteiger partial charge in [0.1, 0.15) is 5.69 Å². The molecule has 7 heteroatoms. The molecule has 6 nitrogen and oxygen atoms in total. The summed E-state index contributed by atoms with van der Waals surface area (Å²) in [6.07, 6.45) is 2.45. The molecule has 21 heavy (non-hydrogen) atoms. The summed E-state index contributed by atoms with van der Waals surface area (Å²) in [6.45, 7) is 3.33. The number of carbonyl (C=O) groups excluding carboxylic acids is 2. The number of aromatic amines is 1. The minimum atomic E-state index is -0.276. The van der Waals surface area contributed by atoms with E-state index in [1.54, 1.807) is 12.3 Å². The number of likely N-dealkylation sites (N-methyl/N-ethyl adjacent to an activating group) is 1. The lowest BCUT2D eigenvalue weighted by Crippen LogP contribution is -2.25. The predicted octanol–water partition coefficient (Wildman–Crippen LogP) is 1.91. The second-order valence-electron chi connectivity index (χ2n) is 5.19. The van der Waals surface area contributed by atoms with Crippen molar-refractivity contribution in [3.05, 3.63) is 34.1 Å². The van der Waals surface area contributed by atoms with Gasteiger partial charge in [0.25, 0.3) is 5.91 Å². The van der Waals surface area contributed by atoms with Crippen LogP contribution in [-0.4, -0.2) is 40.2 Å². The van der Waals surface area contributed by atoms with Crippen LogP contribution in [0, 0.1) is 0 Å². The molecule has 0 saturated heterocycles. The number of nitrogens with one attached hydrogen (secondary N) is 2. The first-order chi connectivity index (χ1) is 10.0. The number of hydrogen-bond donors (Lipinski definition) is 2. The molecular formula is C14H16N4O2S. The maximum atomic E-state index is 12.1. The van der Waals surface area contributed by atoms with Crippen LogP contribution in [0.5, 0.6) is 0 Å². The van der Waals surface area contributed by atoms with Gasteiger partial charge in [0.05, 0.1) is 5.69 Å². The van der Waals surface area contributed by atoms with Crippen molar-refractivity contribution in [2.45, 2.75) is 19.9 Å². The topological polar surface area (TPSA) is 78.1 Å². The fourth-order valence-electron chi connectivity index (χ4n) is 2.27. The van der Waals surface area contributed by atoms with Gasteiger partial charge in [0, 0.05) is 36.1 Å². The van der Waals surface area contributed by atoms with E-state index in [1.807, 2.05) is 0 Å². The number of ketones is 1. The van der Waals surface area contributed by atoms with Crippen molar-refractivity contribution < 1.29 is 9.59 Å². The molecule has 3 heterocycles. The van der Waals surface area contributed by atoms with Crippen molar-refractivity contribution in [1.29, 1.82) is 0 Å². The summed E-state index contributed by atoms with van der Waals surface area (Å²) in [7, 11) is 2.07. The molecule has 0 radical (unpaired) electrons. The lowest BCUT2D eigenvalue weighted by Gasteiger charge is -2.20. The molecule has 1 aliphatic heterocycles. The van der Waals surface area contributed by atoms with E-state index in [9.17, 15) is 9.59 Å². The van der Waals surface area contributed by atoms with Crippen LogP contribution < -0.4 is 5.32 Å². The Labute approximate surface area is 126 Å². The second kappa shape index (κ2) is 5.42. The first-order valence-corrected chi connectivity index (χ1v) is 7.52. The Kier molecular flexibility index (Phi) is 3.60. The number of Topliss-reactive ketones (excluding diaryl/α,β-unsaturated/α-hetero) is 1. The molecule has 1 amide bonds. The first-order valence-electron chi connectivity index (χ1n) is 6.71. The zero-order valence-electron chi connectivity index (χ0n) is 11.9. The highest BCUT2D eigenvalue weighted by molar-refractivity contribution is 7.15. The summed E-state index contributed by atoms with van der Waals surface area (Å²) in [4.78, 5) is 34.1. The van der Waals surface area contributed by atoms with Gasteiger partial charge in [-0.2, -0.15) is 0 Å². The Morgan fingerprint density at radius 2 is 2.29 bits per heavy atom. The first kappa shape index (κ1) is 14.0. The van der Waals surface area contributed by atoms with E-state index in [2.05, 4.69) is 27.2 Å². The van der Waals surface area contributed by atoms with E-state index >= 15 is 0 Å². The van der Waals surface area contributed by atoms with E-state index in [0.29, 0.717) is 16.4 Å². The van der Waals surface area contributed by atoms with Crippen molar-refractivity contribution in [1.82, 2.24) is 14.9 Å². The van der Waals surface area contributed by atoms with Gasteiger partial charge in [0.15, 0.2) is 10.9 Å². The number of anilines is 1. The van der Waals surface area contributed by atoms with Crippen molar-refractivity contribution >= 4 is 28.2 Å². The summed E-state index contributed by atoms with van der Waals surface area (Å²) in [5, 5.41) is 3.40. The number of fused-ring (bicyclic) bond motifs is 1. The number of hydrogen-bond acceptors (Lipinski definition) is 5. The van der Waals surface area contributed by atoms with Crippen molar-refractivity contribution in [3.8, 4) is 0 Å². The highest BCUT2D eigenvalue weighted by Crippen LogP contribution is 2.27. The number of H-pyrrole nitrogens is 1. The zero-order chi connectivity index (χ0) is 15.0. The number of nitrogens with zero attached hydrogens (tertiary/aromatic N) is 2. The zero-order valence-corrected chi connectivity index (χ0v) is 12.7. The molecule has 2 aromatic heterocycles. The third kappa shape index (κ3) is 2.88. The van der Waals surface area contributed by atoms with E-state index in [1.165, 1.54) is 23.1 Å². The van der Waals surface area contributed by atoms with E-state index in [4.69, 9.17) is 0 Å². The Morgan fingerprint density at radius 3 is 3.00 bits per heavy atom. The summed E-state index contributed by atoms with van der Waals surface area (Å²) in [6, 6.07) is 1.55. The smallest absolute Gasteiger partial charge is 0.273 e. The largest absolute Gasteiger partial charge is 0.356 e. The van der Waals surface area contributed by atoms with Crippen LogP contribution in [-0.2, 0) is 13.0 Å². The predicted molar refractivity (Wildman–Crippen MR) is 80.9 cm³/mol. The van der Waals surface area contributed by atoms with E-state index < -0.39 is 0 Å². The highest BCUT2D eigenvalue weighted by atomic mass is 32.1. The number of aromatic nitrogens is 2. The average Bonchev–Trinajstić information content (AvgIpc) is 3.03. The molecule has 0 aromatic carbocycles. The third-order valence-corrected chi connectivity index (χ3v) is 4.47. The van der Waals surface area contributed by atoms with Gasteiger partial charge in [0.2, 0.25) is 0 Å². The molecule has 2 N–H and O–H groups in total. The third-order valence-electron chi connectivity index (χ3n) is 3.48. The minimum Gasteiger partial charge on any atom is -0.356 e. The van der Waals surface area contributed by atoms with Crippen LogP contribution in [0.2, 0.25) is 0 Å². The Hall–Kier alpha value is -1.99. The Balaban J connectivity index is 1.74. The van der Waals surface area contributed by atoms with Crippen LogP contribution in [0.3, 0.4) is 0 Å². The van der Waals surface area contributed by atoms with Gasteiger partial charge < -0.3 is 9.88 Å². The molecule has 0 unspecified atom stereocenters. The summed E-state index contributed by atoms with van der Waals surface area (Å²) < 4.78 is 0. The molecule has 1 aliphatic rings. The fraction of sp³-hybridized carbons (Fsp3) is 0.357. The molecule has 0 aliphatic carbocycles. The van der Waals surface area contributed by atoms with Crippen molar-refractivity contribution in [2.75, 3.05) is 18.9 Å². The normalized spacial score (nSPS) is 14.8. The SMILES string of the molecule is CC(=O)c1c[nH]c(C(=O)Nc2nc3c(s2)CN(C)CC3)c1. The van der Waals surface area contributed by atoms with Gasteiger partial charge in [-0.1, -0.05) is 0 Å². The van der Waals surface area contributed by atoms with Crippen molar-refractivity contribution in [2.24, 2.45) is 0 Å². The van der Waals surface area contributed by atoms with Gasteiger partial charge in [-0.15, -0.1) is 11.3 Å². The maximum absolute atomic E-state index is 12.1. The number of amides is 1. The van der Waals surface area contributed by atoms with Crippen LogP contribution in [0.15, 0.2) is 12.3 Å². The van der Waals surface area contributed by atoms with Gasteiger partial charge in [-0.25, -0.2) is 4.98 Å². The Morgan fingerprint density at radius 1 is 1.48 bits per heavy atom. The van der Waals surface area contributed by atoms with Gasteiger partial charge in [-0.3, -0.25) is 14.9 Å². The summed E-state index contributed by atoms with van der Waals surface area (Å²) in [5.41, 5.74) is 1.94. The van der Waals surface area contributed by atoms with Gasteiger partial charge in [-0.05, 0) is 20.0 Å². The number of thiazole rings is 1. The molecule has 0 saturated carbocycles. The average molecular weight is 304 g/mol. The monoisotopic (exact) mass is 304 g/mol. The molecule has 2 aromatic rings. The molecule has 0 bridgehead atoms. The van der Waals surface area contributed by atoms with E-state index in [-0.39, 0.29) is 11.7 Å². The number of carbonyl (C=O) groups is 2. The second-order valence-corrected chi connectivity index (χ2v) is 6.27. The van der Waals surface area contributed by atoms with Crippen LogP contribution >= 0.6 is 11.3 Å². The lowest BCUT2D eigenvalue weighted by atomic mass is 10.2. The van der Waals surface area contributed by atoms with Crippen LogP contribution in [0.4, 0.5) is 5.13 Å².